The summed E-state index contributed by atoms with van der Waals surface area (Å²) in [4.78, 5) is 28.5. The molecule has 0 bridgehead atoms. The van der Waals surface area contributed by atoms with Gasteiger partial charge in [0, 0.05) is 19.3 Å². The van der Waals surface area contributed by atoms with E-state index in [1.165, 1.54) is 52.5 Å². The van der Waals surface area contributed by atoms with E-state index in [0.717, 1.165) is 5.56 Å². The molecule has 1 aliphatic carbocycles. The van der Waals surface area contributed by atoms with Gasteiger partial charge in [-0.2, -0.15) is 0 Å². The molecule has 0 saturated heterocycles. The number of hydrogen-bond donors (Lipinski definition) is 2. The summed E-state index contributed by atoms with van der Waals surface area (Å²) in [7, 11) is 1.47. The molecule has 0 spiro atoms. The third kappa shape index (κ3) is 4.62. The number of hydrogen-bond acceptors (Lipinski definition) is 10. The van der Waals surface area contributed by atoms with Crippen LogP contribution < -0.4 is 4.90 Å². The first-order valence-corrected chi connectivity index (χ1v) is 13.6. The summed E-state index contributed by atoms with van der Waals surface area (Å²) in [5, 5.41) is 31.6. The van der Waals surface area contributed by atoms with Gasteiger partial charge in [-0.15, -0.1) is 21.5 Å². The first kappa shape index (κ1) is 24.4. The molecule has 36 heavy (non-hydrogen) atoms. The summed E-state index contributed by atoms with van der Waals surface area (Å²) in [6, 6.07) is 12.4. The molecule has 0 saturated carbocycles. The molecule has 2 aromatic heterocycles. The van der Waals surface area contributed by atoms with Gasteiger partial charge in [-0.05, 0) is 28.7 Å². The van der Waals surface area contributed by atoms with Crippen molar-refractivity contribution in [2.24, 2.45) is 0 Å². The number of aliphatic hydroxyl groups is 2. The molecule has 2 atom stereocenters. The zero-order chi connectivity index (χ0) is 25.2. The zero-order valence-corrected chi connectivity index (χ0v) is 21.5. The Morgan fingerprint density at radius 2 is 1.97 bits per heavy atom. The minimum atomic E-state index is -0.908. The van der Waals surface area contributed by atoms with Crippen LogP contribution in [-0.4, -0.2) is 51.4 Å². The third-order valence-electron chi connectivity index (χ3n) is 5.86. The highest BCUT2D eigenvalue weighted by Crippen LogP contribution is 2.41. The van der Waals surface area contributed by atoms with E-state index in [9.17, 15) is 19.8 Å². The fourth-order valence-electron chi connectivity index (χ4n) is 4.10. The van der Waals surface area contributed by atoms with Crippen molar-refractivity contribution in [3.05, 3.63) is 93.1 Å². The van der Waals surface area contributed by atoms with Crippen LogP contribution in [0, 0.1) is 0 Å². The first-order valence-electron chi connectivity index (χ1n) is 11.0. The summed E-state index contributed by atoms with van der Waals surface area (Å²) < 4.78 is 6.04. The predicted octanol–water partition coefficient (Wildman–Crippen LogP) is 5.09. The van der Waals surface area contributed by atoms with Gasteiger partial charge in [-0.1, -0.05) is 65.6 Å². The molecule has 11 heteroatoms. The average molecular weight is 540 g/mol. The van der Waals surface area contributed by atoms with Gasteiger partial charge in [0.15, 0.2) is 10.1 Å². The van der Waals surface area contributed by atoms with Gasteiger partial charge < -0.3 is 14.9 Å². The fourth-order valence-corrected chi connectivity index (χ4v) is 6.60. The summed E-state index contributed by atoms with van der Waals surface area (Å²) in [5.41, 5.74) is 1.74. The Hall–Kier alpha value is -3.25. The highest BCUT2D eigenvalue weighted by molar-refractivity contribution is 8.00. The van der Waals surface area contributed by atoms with E-state index in [-0.39, 0.29) is 22.9 Å². The summed E-state index contributed by atoms with van der Waals surface area (Å²) in [6.07, 6.45) is 2.74. The highest BCUT2D eigenvalue weighted by atomic mass is 32.2. The zero-order valence-electron chi connectivity index (χ0n) is 19.0. The van der Waals surface area contributed by atoms with Gasteiger partial charge in [0.2, 0.25) is 10.9 Å². The largest absolute Gasteiger partial charge is 0.510 e. The van der Waals surface area contributed by atoms with Gasteiger partial charge in [-0.25, -0.2) is 0 Å². The number of carbonyl (C=O) groups is 2. The van der Waals surface area contributed by atoms with Gasteiger partial charge >= 0.3 is 0 Å². The van der Waals surface area contributed by atoms with Gasteiger partial charge in [0.1, 0.15) is 11.9 Å². The minimum absolute atomic E-state index is 0.0213. The van der Waals surface area contributed by atoms with E-state index >= 15 is 0 Å². The molecule has 0 unspecified atom stereocenters. The number of rotatable bonds is 8. The van der Waals surface area contributed by atoms with Crippen molar-refractivity contribution < 1.29 is 24.5 Å². The molecule has 0 radical (unpaired) electrons. The number of thiophene rings is 1. The third-order valence-corrected chi connectivity index (χ3v) is 8.86. The summed E-state index contributed by atoms with van der Waals surface area (Å²) >= 11 is 3.94. The van der Waals surface area contributed by atoms with Crippen LogP contribution >= 0.6 is 34.4 Å². The number of thioether (sulfide) groups is 1. The number of aromatic nitrogens is 2. The first-order chi connectivity index (χ1) is 17.5. The number of methoxy groups -OCH3 is 1. The van der Waals surface area contributed by atoms with Crippen molar-refractivity contribution in [3.8, 4) is 0 Å². The Morgan fingerprint density at radius 3 is 2.69 bits per heavy atom. The minimum Gasteiger partial charge on any atom is -0.510 e. The van der Waals surface area contributed by atoms with E-state index in [1.54, 1.807) is 23.6 Å². The molecule has 0 fully saturated rings. The SMILES string of the molecule is CO[C@@H]1CC([C@@H]2C(C(=O)c3cccs3)=C(O)C(=O)N2c2nnc(SCc3ccccc3)s2)=CC=C1O. The van der Waals surface area contributed by atoms with Gasteiger partial charge in [-0.3, -0.25) is 14.5 Å². The monoisotopic (exact) mass is 539 g/mol. The number of nitrogens with zero attached hydrogens (tertiary/aromatic N) is 3. The second-order valence-electron chi connectivity index (χ2n) is 8.03. The quantitative estimate of drug-likeness (QED) is 0.231. The molecule has 3 heterocycles. The smallest absolute Gasteiger partial charge is 0.296 e. The van der Waals surface area contributed by atoms with Crippen LogP contribution in [0.15, 0.2) is 87.0 Å². The number of ether oxygens (including phenoxy) is 1. The molecule has 5 rings (SSSR count). The van der Waals surface area contributed by atoms with Crippen LogP contribution in [0.4, 0.5) is 5.13 Å². The van der Waals surface area contributed by atoms with Crippen molar-refractivity contribution in [2.75, 3.05) is 12.0 Å². The lowest BCUT2D eigenvalue weighted by Gasteiger charge is -2.29. The van der Waals surface area contributed by atoms with Crippen molar-refractivity contribution >= 4 is 51.3 Å². The number of carbonyl (C=O) groups excluding carboxylic acids is 2. The van der Waals surface area contributed by atoms with Crippen LogP contribution in [0.5, 0.6) is 0 Å². The van der Waals surface area contributed by atoms with Crippen LogP contribution in [-0.2, 0) is 15.3 Å². The maximum absolute atomic E-state index is 13.4. The van der Waals surface area contributed by atoms with Crippen molar-refractivity contribution in [1.82, 2.24) is 10.2 Å². The van der Waals surface area contributed by atoms with E-state index in [0.29, 0.717) is 20.5 Å². The Morgan fingerprint density at radius 1 is 1.17 bits per heavy atom. The summed E-state index contributed by atoms with van der Waals surface area (Å²) in [6.45, 7) is 0. The summed E-state index contributed by atoms with van der Waals surface area (Å²) in [5.74, 6) is -1.03. The fraction of sp³-hybridized carbons (Fsp3) is 0.200. The lowest BCUT2D eigenvalue weighted by Crippen LogP contribution is -2.40. The van der Waals surface area contributed by atoms with E-state index < -0.39 is 29.6 Å². The lowest BCUT2D eigenvalue weighted by molar-refractivity contribution is -0.116. The topological polar surface area (TPSA) is 113 Å². The normalized spacial score (nSPS) is 20.0. The Bertz CT molecular complexity index is 1380. The molecule has 1 aliphatic heterocycles. The molecule has 2 aliphatic rings. The Kier molecular flexibility index (Phi) is 7.06. The molecular formula is C25H21N3O5S3. The highest BCUT2D eigenvalue weighted by Gasteiger charge is 2.47. The van der Waals surface area contributed by atoms with Crippen molar-refractivity contribution in [2.45, 2.75) is 28.7 Å². The molecule has 1 aromatic carbocycles. The Labute approximate surface area is 219 Å². The Balaban J connectivity index is 1.50. The number of aliphatic hydroxyl groups excluding tert-OH is 2. The van der Waals surface area contributed by atoms with Crippen LogP contribution in [0.2, 0.25) is 0 Å². The van der Waals surface area contributed by atoms with Crippen LogP contribution in [0.25, 0.3) is 0 Å². The van der Waals surface area contributed by atoms with Crippen molar-refractivity contribution in [1.29, 1.82) is 0 Å². The maximum Gasteiger partial charge on any atom is 0.296 e. The van der Waals surface area contributed by atoms with Crippen molar-refractivity contribution in [3.63, 3.8) is 0 Å². The molecular weight excluding hydrogens is 518 g/mol. The predicted molar refractivity (Wildman–Crippen MR) is 140 cm³/mol. The van der Waals surface area contributed by atoms with Gasteiger partial charge in [0.05, 0.1) is 16.5 Å². The standard InChI is InChI=1S/C25H21N3O5S3/c1-33-17-12-15(9-10-16(17)29)20-19(21(30)18-8-5-11-34-18)22(31)23(32)28(20)24-26-27-25(36-24)35-13-14-6-3-2-4-7-14/h2-11,17,20,29,31H,12-13H2,1H3/t17-,20-/m1/s1. The second kappa shape index (κ2) is 10.4. The number of allylic oxidation sites excluding steroid dienone is 2. The lowest BCUT2D eigenvalue weighted by atomic mass is 9.89. The number of Topliss-reactive ketones (excluding diaryl/α,β-unsaturated/α-hetero) is 1. The maximum atomic E-state index is 13.4. The molecule has 2 N–H and O–H groups in total. The van der Waals surface area contributed by atoms with E-state index in [2.05, 4.69) is 10.2 Å². The average Bonchev–Trinajstić information content (AvgIpc) is 3.64. The van der Waals surface area contributed by atoms with Gasteiger partial charge in [0.25, 0.3) is 5.91 Å². The van der Waals surface area contributed by atoms with E-state index in [1.807, 2.05) is 30.3 Å². The molecule has 3 aromatic rings. The molecule has 184 valence electrons. The number of anilines is 1. The second-order valence-corrected chi connectivity index (χ2v) is 11.2. The molecule has 1 amide bonds. The molecule has 8 nitrogen and oxygen atoms in total. The number of ketones is 1. The van der Waals surface area contributed by atoms with Crippen LogP contribution in [0.1, 0.15) is 21.7 Å². The number of amides is 1. The number of benzene rings is 1. The van der Waals surface area contributed by atoms with E-state index in [4.69, 9.17) is 4.74 Å². The van der Waals surface area contributed by atoms with Crippen LogP contribution in [0.3, 0.4) is 0 Å².